The van der Waals surface area contributed by atoms with E-state index in [0.29, 0.717) is 42.5 Å². The molecule has 4 aliphatic heterocycles. The molecule has 0 bridgehead atoms. The fraction of sp³-hybridized carbons (Fsp3) is 0.500. The summed E-state index contributed by atoms with van der Waals surface area (Å²) in [6.45, 7) is 6.49. The predicted molar refractivity (Wildman–Crippen MR) is 182 cm³/mol. The monoisotopic (exact) mass is 666 g/mol. The van der Waals surface area contributed by atoms with Crippen LogP contribution in [0.1, 0.15) is 99.1 Å². The van der Waals surface area contributed by atoms with Gasteiger partial charge in [-0.2, -0.15) is 0 Å². The molecule has 3 aromatic rings. The average Bonchev–Trinajstić information content (AvgIpc) is 3.49. The number of hydrogen-bond donors (Lipinski definition) is 1. The van der Waals surface area contributed by atoms with E-state index in [1.807, 2.05) is 12.1 Å². The van der Waals surface area contributed by atoms with Crippen molar-refractivity contribution in [3.63, 3.8) is 0 Å². The van der Waals surface area contributed by atoms with Crippen LogP contribution in [-0.4, -0.2) is 68.2 Å². The molecule has 0 radical (unpaired) electrons. The Labute approximate surface area is 285 Å². The van der Waals surface area contributed by atoms with Gasteiger partial charge in [-0.3, -0.25) is 9.59 Å². The highest BCUT2D eigenvalue weighted by Gasteiger charge is 2.50. The number of amides is 1. The number of nitrogens with zero attached hydrogens (tertiary/aromatic N) is 4. The van der Waals surface area contributed by atoms with E-state index in [-0.39, 0.29) is 43.0 Å². The summed E-state index contributed by atoms with van der Waals surface area (Å²) in [5.41, 5.74) is 3.38. The molecule has 2 aromatic heterocycles. The molecule has 49 heavy (non-hydrogen) atoms. The molecule has 0 spiro atoms. The Hall–Kier alpha value is -4.69. The Bertz CT molecular complexity index is 1960. The summed E-state index contributed by atoms with van der Waals surface area (Å²) >= 11 is 0. The molecule has 2 unspecified atom stereocenters. The number of piperidine rings is 2. The minimum Gasteiger partial charge on any atom is -0.465 e. The number of ether oxygens (including phenoxy) is 2. The highest BCUT2D eigenvalue weighted by molar-refractivity contribution is 5.90. The number of hydrogen-bond acceptors (Lipinski definition) is 8. The van der Waals surface area contributed by atoms with Gasteiger partial charge in [-0.25, -0.2) is 14.6 Å². The molecule has 6 heterocycles. The van der Waals surface area contributed by atoms with Crippen molar-refractivity contribution in [1.82, 2.24) is 19.4 Å². The Morgan fingerprint density at radius 2 is 1.92 bits per heavy atom. The first kappa shape index (κ1) is 32.8. The number of carboxylic acid groups (broad SMARTS) is 1. The molecular weight excluding hydrogens is 624 g/mol. The number of fused-ring (bicyclic) bond motifs is 5. The minimum atomic E-state index is -1.77. The van der Waals surface area contributed by atoms with Gasteiger partial charge in [0.2, 0.25) is 5.60 Å². The van der Waals surface area contributed by atoms with Gasteiger partial charge in [-0.15, -0.1) is 12.3 Å². The van der Waals surface area contributed by atoms with Crippen LogP contribution in [0.3, 0.4) is 0 Å². The lowest BCUT2D eigenvalue weighted by atomic mass is 9.85. The second kappa shape index (κ2) is 13.0. The topological polar surface area (TPSA) is 131 Å². The van der Waals surface area contributed by atoms with Crippen molar-refractivity contribution in [1.29, 1.82) is 0 Å². The fourth-order valence-electron chi connectivity index (χ4n) is 8.47. The summed E-state index contributed by atoms with van der Waals surface area (Å²) < 4.78 is 12.9. The third-order valence-electron chi connectivity index (χ3n) is 11.0. The van der Waals surface area contributed by atoms with E-state index in [1.165, 1.54) is 19.3 Å². The van der Waals surface area contributed by atoms with Crippen LogP contribution in [-0.2, 0) is 44.2 Å². The van der Waals surface area contributed by atoms with E-state index in [0.717, 1.165) is 53.5 Å². The molecular formula is C38H42N4O7. The zero-order valence-corrected chi connectivity index (χ0v) is 28.1. The maximum Gasteiger partial charge on any atom is 0.407 e. The molecule has 4 aliphatic rings. The highest BCUT2D eigenvalue weighted by Crippen LogP contribution is 2.43. The van der Waals surface area contributed by atoms with Crippen LogP contribution in [0.15, 0.2) is 29.1 Å². The summed E-state index contributed by atoms with van der Waals surface area (Å²) in [5.74, 6) is 1.06. The Balaban J connectivity index is 1.30. The number of aryl methyl sites for hydroxylation is 1. The van der Waals surface area contributed by atoms with Gasteiger partial charge < -0.3 is 28.9 Å². The van der Waals surface area contributed by atoms with Crippen molar-refractivity contribution in [3.05, 3.63) is 62.4 Å². The minimum absolute atomic E-state index is 0.0625. The SMILES string of the molecule is C#CCCC(=O)OC1(CC)C(=O)OCc2c1cc1n(c2=O)Cc2c-1nc1ccc([C@@H]3CC(N4CCCCC4)CCN3C(=O)O)cc1c2CC. The largest absolute Gasteiger partial charge is 0.465 e. The number of rotatable bonds is 7. The Morgan fingerprint density at radius 1 is 1.12 bits per heavy atom. The lowest BCUT2D eigenvalue weighted by Crippen LogP contribution is -2.49. The zero-order valence-electron chi connectivity index (χ0n) is 28.1. The molecule has 7 rings (SSSR count). The van der Waals surface area contributed by atoms with Crippen LogP contribution in [0.2, 0.25) is 0 Å². The number of terminal acetylenes is 1. The molecule has 1 aromatic carbocycles. The zero-order chi connectivity index (χ0) is 34.4. The van der Waals surface area contributed by atoms with E-state index >= 15 is 0 Å². The van der Waals surface area contributed by atoms with Crippen LogP contribution in [0, 0.1) is 12.3 Å². The van der Waals surface area contributed by atoms with Crippen LogP contribution in [0.25, 0.3) is 22.3 Å². The van der Waals surface area contributed by atoms with Crippen LogP contribution in [0.4, 0.5) is 4.79 Å². The number of benzene rings is 1. The number of carbonyl (C=O) groups is 3. The lowest BCUT2D eigenvalue weighted by Gasteiger charge is -2.43. The Kier molecular flexibility index (Phi) is 8.69. The third-order valence-corrected chi connectivity index (χ3v) is 11.0. The van der Waals surface area contributed by atoms with Gasteiger partial charge in [-0.05, 0) is 80.9 Å². The Morgan fingerprint density at radius 3 is 2.63 bits per heavy atom. The summed E-state index contributed by atoms with van der Waals surface area (Å²) in [6.07, 6.45) is 10.5. The van der Waals surface area contributed by atoms with Crippen molar-refractivity contribution in [2.24, 2.45) is 0 Å². The molecule has 256 valence electrons. The molecule has 0 saturated carbocycles. The summed E-state index contributed by atoms with van der Waals surface area (Å²) in [6, 6.07) is 7.88. The van der Waals surface area contributed by atoms with Crippen LogP contribution < -0.4 is 5.56 Å². The molecule has 0 aliphatic carbocycles. The normalized spacial score (nSPS) is 23.3. The predicted octanol–water partition coefficient (Wildman–Crippen LogP) is 5.28. The van der Waals surface area contributed by atoms with Crippen molar-refractivity contribution >= 4 is 28.9 Å². The first-order valence-electron chi connectivity index (χ1n) is 17.5. The third kappa shape index (κ3) is 5.46. The number of likely N-dealkylation sites (tertiary alicyclic amines) is 2. The number of carbonyl (C=O) groups excluding carboxylic acids is 2. The number of cyclic esters (lactones) is 1. The van der Waals surface area contributed by atoms with Gasteiger partial charge in [0.1, 0.15) is 6.61 Å². The summed E-state index contributed by atoms with van der Waals surface area (Å²) in [4.78, 5) is 61.7. The van der Waals surface area contributed by atoms with E-state index in [9.17, 15) is 24.3 Å². The number of aromatic nitrogens is 2. The van der Waals surface area contributed by atoms with Crippen molar-refractivity contribution in [2.75, 3.05) is 19.6 Å². The van der Waals surface area contributed by atoms with E-state index in [1.54, 1.807) is 22.5 Å². The van der Waals surface area contributed by atoms with E-state index in [2.05, 4.69) is 23.8 Å². The first-order chi connectivity index (χ1) is 23.7. The molecule has 2 saturated heterocycles. The molecule has 2 fully saturated rings. The smallest absolute Gasteiger partial charge is 0.407 e. The van der Waals surface area contributed by atoms with Crippen molar-refractivity contribution in [3.8, 4) is 23.7 Å². The maximum absolute atomic E-state index is 14.1. The molecule has 1 N–H and O–H groups in total. The summed E-state index contributed by atoms with van der Waals surface area (Å²) in [7, 11) is 0. The molecule has 11 heteroatoms. The molecule has 1 amide bonds. The molecule has 3 atom stereocenters. The second-order valence-corrected chi connectivity index (χ2v) is 13.6. The number of esters is 2. The first-order valence-corrected chi connectivity index (χ1v) is 17.5. The van der Waals surface area contributed by atoms with Crippen LogP contribution >= 0.6 is 0 Å². The second-order valence-electron chi connectivity index (χ2n) is 13.6. The number of pyridine rings is 2. The highest BCUT2D eigenvalue weighted by atomic mass is 16.6. The average molecular weight is 667 g/mol. The quantitative estimate of drug-likeness (QED) is 0.207. The fourth-order valence-corrected chi connectivity index (χ4v) is 8.47. The lowest BCUT2D eigenvalue weighted by molar-refractivity contribution is -0.189. The van der Waals surface area contributed by atoms with Crippen molar-refractivity contribution < 1.29 is 29.0 Å². The van der Waals surface area contributed by atoms with Gasteiger partial charge in [0.05, 0.1) is 41.5 Å². The summed E-state index contributed by atoms with van der Waals surface area (Å²) in [5, 5.41) is 11.1. The van der Waals surface area contributed by atoms with Gasteiger partial charge >= 0.3 is 18.0 Å². The van der Waals surface area contributed by atoms with E-state index in [4.69, 9.17) is 20.9 Å². The van der Waals surface area contributed by atoms with Crippen molar-refractivity contribution in [2.45, 2.75) is 102 Å². The van der Waals surface area contributed by atoms with E-state index < -0.39 is 23.6 Å². The van der Waals surface area contributed by atoms with Crippen LogP contribution in [0.5, 0.6) is 0 Å². The van der Waals surface area contributed by atoms with Gasteiger partial charge in [0.25, 0.3) is 5.56 Å². The van der Waals surface area contributed by atoms with Gasteiger partial charge in [0.15, 0.2) is 0 Å². The standard InChI is InChI=1S/C38H42N4O7/c1-4-7-11-33(43)49-38(6-3)29-20-32-34-27(21-42(32)35(44)28(29)22-48-36(38)45)25(5-2)26-18-23(12-13-30(26)39-34)31-19-24(14-17-41(31)37(46)47)40-15-9-8-10-16-40/h1,12-13,18,20,24,31H,5-11,14-17,19,21-22H2,2-3H3,(H,46,47)/t24?,31-,38?/m0/s1. The molecule has 11 nitrogen and oxygen atoms in total. The maximum atomic E-state index is 14.1. The van der Waals surface area contributed by atoms with Gasteiger partial charge in [0, 0.05) is 35.5 Å². The van der Waals surface area contributed by atoms with Gasteiger partial charge in [-0.1, -0.05) is 26.3 Å².